The maximum atomic E-state index is 12.9. The van der Waals surface area contributed by atoms with Gasteiger partial charge in [0.2, 0.25) is 0 Å². The summed E-state index contributed by atoms with van der Waals surface area (Å²) in [6.07, 6.45) is 2.19. The second-order valence-electron chi connectivity index (χ2n) is 6.05. The first kappa shape index (κ1) is 16.7. The van der Waals surface area contributed by atoms with E-state index in [-0.39, 0.29) is 24.1 Å². The Morgan fingerprint density at radius 1 is 1.19 bits per heavy atom. The number of aliphatic hydroxyl groups is 1. The third kappa shape index (κ3) is 2.85. The van der Waals surface area contributed by atoms with E-state index in [0.29, 0.717) is 11.5 Å². The summed E-state index contributed by atoms with van der Waals surface area (Å²) in [4.78, 5) is 18.1. The van der Waals surface area contributed by atoms with E-state index in [4.69, 9.17) is 0 Å². The van der Waals surface area contributed by atoms with Crippen LogP contribution in [0.4, 0.5) is 19.0 Å². The fourth-order valence-corrected chi connectivity index (χ4v) is 3.16. The zero-order valence-corrected chi connectivity index (χ0v) is 13.6. The highest BCUT2D eigenvalue weighted by Crippen LogP contribution is 2.29. The topological polar surface area (TPSA) is 79.4 Å². The molecule has 0 bridgehead atoms. The van der Waals surface area contributed by atoms with E-state index in [1.165, 1.54) is 10.6 Å². The van der Waals surface area contributed by atoms with Crippen molar-refractivity contribution in [3.05, 3.63) is 36.5 Å². The van der Waals surface area contributed by atoms with Crippen molar-refractivity contribution < 1.29 is 18.3 Å². The number of rotatable bonds is 3. The van der Waals surface area contributed by atoms with Crippen molar-refractivity contribution in [2.45, 2.75) is 25.1 Å². The Hall–Kier alpha value is -2.75. The zero-order chi connectivity index (χ0) is 18.3. The Morgan fingerprint density at radius 2 is 2.04 bits per heavy atom. The molecule has 1 saturated heterocycles. The van der Waals surface area contributed by atoms with Crippen molar-refractivity contribution in [2.24, 2.45) is 0 Å². The second-order valence-corrected chi connectivity index (χ2v) is 6.05. The maximum absolute atomic E-state index is 12.9. The largest absolute Gasteiger partial charge is 0.434 e. The molecule has 1 atom stereocenters. The number of nitrogens with zero attached hydrogens (tertiary/aromatic N) is 6. The Morgan fingerprint density at radius 3 is 2.81 bits per heavy atom. The fraction of sp³-hybridized carbons (Fsp3) is 0.375. The third-order valence-corrected chi connectivity index (χ3v) is 4.44. The van der Waals surface area contributed by atoms with E-state index in [2.05, 4.69) is 19.9 Å². The molecule has 0 radical (unpaired) electrons. The Labute approximate surface area is 146 Å². The molecular weight excluding hydrogens is 349 g/mol. The van der Waals surface area contributed by atoms with E-state index >= 15 is 0 Å². The monoisotopic (exact) mass is 364 g/mol. The first-order valence-electron chi connectivity index (χ1n) is 8.08. The number of fused-ring (bicyclic) bond motifs is 1. The van der Waals surface area contributed by atoms with Gasteiger partial charge in [-0.3, -0.25) is 4.40 Å². The lowest BCUT2D eigenvalue weighted by atomic mass is 10.2. The van der Waals surface area contributed by atoms with Gasteiger partial charge in [-0.1, -0.05) is 0 Å². The van der Waals surface area contributed by atoms with Crippen LogP contribution in [0, 0.1) is 0 Å². The molecule has 3 aromatic heterocycles. The molecule has 136 valence electrons. The molecule has 0 spiro atoms. The lowest BCUT2D eigenvalue weighted by Crippen LogP contribution is -2.32. The van der Waals surface area contributed by atoms with Gasteiger partial charge in [-0.25, -0.2) is 19.9 Å². The average molecular weight is 364 g/mol. The number of hydrogen-bond acceptors (Lipinski definition) is 6. The van der Waals surface area contributed by atoms with Crippen molar-refractivity contribution in [1.29, 1.82) is 0 Å². The van der Waals surface area contributed by atoms with E-state index in [0.717, 1.165) is 31.8 Å². The van der Waals surface area contributed by atoms with Crippen LogP contribution < -0.4 is 4.90 Å². The number of aromatic nitrogens is 5. The molecule has 7 nitrogen and oxygen atoms in total. The highest BCUT2D eigenvalue weighted by atomic mass is 19.4. The molecule has 0 aromatic carbocycles. The molecule has 1 fully saturated rings. The molecule has 4 heterocycles. The van der Waals surface area contributed by atoms with E-state index < -0.39 is 11.9 Å². The maximum Gasteiger partial charge on any atom is 0.434 e. The summed E-state index contributed by atoms with van der Waals surface area (Å²) in [5.74, 6) is 0.893. The van der Waals surface area contributed by atoms with Gasteiger partial charge in [-0.05, 0) is 18.9 Å². The minimum Gasteiger partial charge on any atom is -0.394 e. The number of aliphatic hydroxyl groups excluding tert-OH is 1. The lowest BCUT2D eigenvalue weighted by Gasteiger charge is -2.24. The van der Waals surface area contributed by atoms with Crippen molar-refractivity contribution >= 4 is 11.5 Å². The van der Waals surface area contributed by atoms with Crippen LogP contribution in [0.3, 0.4) is 0 Å². The molecule has 1 unspecified atom stereocenters. The first-order valence-corrected chi connectivity index (χ1v) is 8.08. The normalized spacial score (nSPS) is 18.0. The van der Waals surface area contributed by atoms with E-state index in [1.54, 1.807) is 12.3 Å². The number of hydrogen-bond donors (Lipinski definition) is 1. The molecule has 10 heteroatoms. The van der Waals surface area contributed by atoms with Crippen LogP contribution in [0.25, 0.3) is 17.2 Å². The highest BCUT2D eigenvalue weighted by Gasteiger charge is 2.33. The molecule has 4 rings (SSSR count). The number of halogens is 3. The van der Waals surface area contributed by atoms with Crippen LogP contribution in [0.5, 0.6) is 0 Å². The van der Waals surface area contributed by atoms with E-state index in [9.17, 15) is 18.3 Å². The fourth-order valence-electron chi connectivity index (χ4n) is 3.16. The van der Waals surface area contributed by atoms with Gasteiger partial charge in [0, 0.05) is 18.9 Å². The average Bonchev–Trinajstić information content (AvgIpc) is 3.27. The van der Waals surface area contributed by atoms with Gasteiger partial charge in [-0.15, -0.1) is 0 Å². The van der Waals surface area contributed by atoms with Crippen LogP contribution in [-0.2, 0) is 6.18 Å². The van der Waals surface area contributed by atoms with Crippen LogP contribution in [0.2, 0.25) is 0 Å². The molecule has 0 amide bonds. The van der Waals surface area contributed by atoms with Crippen molar-refractivity contribution in [3.8, 4) is 11.5 Å². The van der Waals surface area contributed by atoms with Gasteiger partial charge in [0.25, 0.3) is 0 Å². The summed E-state index contributed by atoms with van der Waals surface area (Å²) in [5.41, 5.74) is -0.397. The smallest absolute Gasteiger partial charge is 0.394 e. The summed E-state index contributed by atoms with van der Waals surface area (Å²) in [6, 6.07) is 1.71. The van der Waals surface area contributed by atoms with Gasteiger partial charge < -0.3 is 10.0 Å². The molecule has 1 aliphatic heterocycles. The number of alkyl halides is 3. The highest BCUT2D eigenvalue weighted by molar-refractivity contribution is 5.58. The molecule has 26 heavy (non-hydrogen) atoms. The Bertz CT molecular complexity index is 941. The van der Waals surface area contributed by atoms with E-state index in [1.807, 2.05) is 4.90 Å². The number of imidazole rings is 1. The summed E-state index contributed by atoms with van der Waals surface area (Å²) in [5, 5.41) is 9.49. The molecule has 0 aliphatic carbocycles. The van der Waals surface area contributed by atoms with Gasteiger partial charge in [0.1, 0.15) is 11.5 Å². The first-order chi connectivity index (χ1) is 12.5. The van der Waals surface area contributed by atoms with Gasteiger partial charge >= 0.3 is 6.18 Å². The quantitative estimate of drug-likeness (QED) is 0.767. The van der Waals surface area contributed by atoms with Crippen molar-refractivity contribution in [3.63, 3.8) is 0 Å². The van der Waals surface area contributed by atoms with Gasteiger partial charge in [0.15, 0.2) is 17.2 Å². The van der Waals surface area contributed by atoms with Gasteiger partial charge in [-0.2, -0.15) is 13.2 Å². The summed E-state index contributed by atoms with van der Waals surface area (Å²) in [7, 11) is 0. The minimum atomic E-state index is -4.55. The van der Waals surface area contributed by atoms with Crippen LogP contribution in [0.15, 0.2) is 30.9 Å². The minimum absolute atomic E-state index is 0.0130. The van der Waals surface area contributed by atoms with Crippen LogP contribution >= 0.6 is 0 Å². The van der Waals surface area contributed by atoms with Crippen molar-refractivity contribution in [2.75, 3.05) is 18.1 Å². The Balaban J connectivity index is 1.77. The SMILES string of the molecule is OCC1CCCN1c1ccnc(-c2cnc3cnc(C(F)(F)F)cn23)n1. The standard InChI is InChI=1S/C16H15F3N6O/c17-16(18,19)12-8-25-11(6-22-14(25)7-21-12)15-20-4-3-13(23-15)24-5-1-2-10(24)9-26/h3-4,6-8,10,26H,1-2,5,9H2. The summed E-state index contributed by atoms with van der Waals surface area (Å²) >= 11 is 0. The molecule has 3 aromatic rings. The molecule has 0 saturated carbocycles. The lowest BCUT2D eigenvalue weighted by molar-refractivity contribution is -0.141. The predicted octanol–water partition coefficient (Wildman–Crippen LogP) is 2.17. The van der Waals surface area contributed by atoms with Crippen LogP contribution in [0.1, 0.15) is 18.5 Å². The third-order valence-electron chi connectivity index (χ3n) is 4.44. The summed E-state index contributed by atoms with van der Waals surface area (Å²) < 4.78 is 40.1. The van der Waals surface area contributed by atoms with Gasteiger partial charge in [0.05, 0.1) is 25.0 Å². The number of anilines is 1. The summed E-state index contributed by atoms with van der Waals surface area (Å²) in [6.45, 7) is 0.784. The Kier molecular flexibility index (Phi) is 3.98. The van der Waals surface area contributed by atoms with Crippen LogP contribution in [-0.4, -0.2) is 48.6 Å². The molecular formula is C16H15F3N6O. The zero-order valence-electron chi connectivity index (χ0n) is 13.6. The predicted molar refractivity (Wildman–Crippen MR) is 86.5 cm³/mol. The molecule has 1 aliphatic rings. The van der Waals surface area contributed by atoms with Crippen molar-refractivity contribution in [1.82, 2.24) is 24.3 Å². The molecule has 1 N–H and O–H groups in total. The second kappa shape index (κ2) is 6.20.